The summed E-state index contributed by atoms with van der Waals surface area (Å²) in [5.41, 5.74) is 7.24. The molecule has 0 fully saturated rings. The number of halogens is 1. The summed E-state index contributed by atoms with van der Waals surface area (Å²) in [7, 11) is 0. The van der Waals surface area contributed by atoms with Crippen molar-refractivity contribution in [1.82, 2.24) is 10.2 Å². The van der Waals surface area contributed by atoms with E-state index in [0.29, 0.717) is 16.5 Å². The van der Waals surface area contributed by atoms with Crippen LogP contribution in [0, 0.1) is 0 Å². The number of carbonyl (C=O) groups excluding carboxylic acids is 1. The van der Waals surface area contributed by atoms with Gasteiger partial charge in [0.25, 0.3) is 5.91 Å². The summed E-state index contributed by atoms with van der Waals surface area (Å²) in [5, 5.41) is 10.4. The predicted molar refractivity (Wildman–Crippen MR) is 95.5 cm³/mol. The third-order valence-corrected chi connectivity index (χ3v) is 3.46. The Labute approximate surface area is 143 Å². The number of rotatable bonds is 5. The number of aliphatic imine (C=N–C) groups is 1. The van der Waals surface area contributed by atoms with Crippen LogP contribution in [0.1, 0.15) is 15.9 Å². The summed E-state index contributed by atoms with van der Waals surface area (Å²) in [5.74, 6) is -0.0469. The van der Waals surface area contributed by atoms with Gasteiger partial charge in [-0.2, -0.15) is 5.10 Å². The first-order valence-corrected chi connectivity index (χ1v) is 7.51. The molecule has 120 valence electrons. The van der Waals surface area contributed by atoms with Crippen LogP contribution in [0.15, 0.2) is 59.6 Å². The molecule has 24 heavy (non-hydrogen) atoms. The lowest BCUT2D eigenvalue weighted by Crippen LogP contribution is -2.12. The molecule has 6 nitrogen and oxygen atoms in total. The Morgan fingerprint density at radius 3 is 2.71 bits per heavy atom. The average Bonchev–Trinajstić information content (AvgIpc) is 2.97. The van der Waals surface area contributed by atoms with Crippen molar-refractivity contribution in [3.63, 3.8) is 0 Å². The van der Waals surface area contributed by atoms with Gasteiger partial charge in [0.2, 0.25) is 0 Å². The quantitative estimate of drug-likeness (QED) is 0.619. The third-order valence-electron chi connectivity index (χ3n) is 3.22. The van der Waals surface area contributed by atoms with Crippen LogP contribution in [0.25, 0.3) is 0 Å². The van der Waals surface area contributed by atoms with E-state index >= 15 is 0 Å². The van der Waals surface area contributed by atoms with Gasteiger partial charge >= 0.3 is 0 Å². The SMILES string of the molecule is NC(=O)c1c(Nc2cccc(Cl)c2)n[nH]c1/N=C/c1ccccc1. The summed E-state index contributed by atoms with van der Waals surface area (Å²) in [6.45, 7) is 0. The highest BCUT2D eigenvalue weighted by molar-refractivity contribution is 6.30. The molecule has 0 aliphatic carbocycles. The molecular formula is C17H14ClN5O. The van der Waals surface area contributed by atoms with Gasteiger partial charge in [-0.25, -0.2) is 4.99 Å². The Kier molecular flexibility index (Phi) is 4.58. The molecule has 0 aliphatic rings. The monoisotopic (exact) mass is 339 g/mol. The van der Waals surface area contributed by atoms with Gasteiger partial charge in [0.15, 0.2) is 11.6 Å². The first-order valence-electron chi connectivity index (χ1n) is 7.13. The fourth-order valence-corrected chi connectivity index (χ4v) is 2.32. The van der Waals surface area contributed by atoms with Crippen molar-refractivity contribution >= 4 is 41.0 Å². The highest BCUT2D eigenvalue weighted by Crippen LogP contribution is 2.27. The lowest BCUT2D eigenvalue weighted by Gasteiger charge is -2.04. The van der Waals surface area contributed by atoms with Crippen LogP contribution in [-0.4, -0.2) is 22.3 Å². The van der Waals surface area contributed by atoms with Gasteiger partial charge in [-0.15, -0.1) is 0 Å². The molecule has 1 amide bonds. The molecule has 3 rings (SSSR count). The summed E-state index contributed by atoms with van der Waals surface area (Å²) in [6, 6.07) is 16.6. The summed E-state index contributed by atoms with van der Waals surface area (Å²) < 4.78 is 0. The predicted octanol–water partition coefficient (Wildman–Crippen LogP) is 3.66. The zero-order chi connectivity index (χ0) is 16.9. The van der Waals surface area contributed by atoms with E-state index in [2.05, 4.69) is 20.5 Å². The van der Waals surface area contributed by atoms with Crippen LogP contribution < -0.4 is 11.1 Å². The molecule has 0 unspecified atom stereocenters. The molecule has 0 saturated heterocycles. The first-order chi connectivity index (χ1) is 11.6. The van der Waals surface area contributed by atoms with Crippen LogP contribution in [0.5, 0.6) is 0 Å². The summed E-state index contributed by atoms with van der Waals surface area (Å²) >= 11 is 5.95. The van der Waals surface area contributed by atoms with E-state index in [1.54, 1.807) is 30.5 Å². The number of benzene rings is 2. The number of nitrogens with one attached hydrogen (secondary N) is 2. The molecule has 1 heterocycles. The molecule has 3 aromatic rings. The van der Waals surface area contributed by atoms with Gasteiger partial charge in [0.05, 0.1) is 0 Å². The zero-order valence-corrected chi connectivity index (χ0v) is 13.3. The van der Waals surface area contributed by atoms with E-state index in [9.17, 15) is 4.79 Å². The number of amides is 1. The second kappa shape index (κ2) is 6.97. The lowest BCUT2D eigenvalue weighted by molar-refractivity contribution is 0.100. The van der Waals surface area contributed by atoms with E-state index in [1.807, 2.05) is 30.3 Å². The number of aromatic amines is 1. The zero-order valence-electron chi connectivity index (χ0n) is 12.5. The van der Waals surface area contributed by atoms with E-state index in [0.717, 1.165) is 5.56 Å². The van der Waals surface area contributed by atoms with Gasteiger partial charge in [0.1, 0.15) is 5.56 Å². The number of H-pyrrole nitrogens is 1. The molecule has 1 aromatic heterocycles. The number of nitrogens with two attached hydrogens (primary N) is 1. The summed E-state index contributed by atoms with van der Waals surface area (Å²) in [4.78, 5) is 16.1. The maximum Gasteiger partial charge on any atom is 0.256 e. The minimum atomic E-state index is -0.631. The number of nitrogens with zero attached hydrogens (tertiary/aromatic N) is 2. The maximum atomic E-state index is 11.8. The standard InChI is InChI=1S/C17H14ClN5O/c18-12-7-4-8-13(9-12)21-17-14(15(19)24)16(22-23-17)20-10-11-5-2-1-3-6-11/h1-10H,(H2,19,24)(H2,21,22,23)/b20-10+. The largest absolute Gasteiger partial charge is 0.365 e. The molecule has 0 saturated carbocycles. The van der Waals surface area contributed by atoms with Crippen LogP contribution >= 0.6 is 11.6 Å². The highest BCUT2D eigenvalue weighted by Gasteiger charge is 2.18. The average molecular weight is 340 g/mol. The second-order valence-corrected chi connectivity index (χ2v) is 5.40. The molecule has 0 bridgehead atoms. The molecule has 0 spiro atoms. The minimum absolute atomic E-state index is 0.183. The molecule has 0 atom stereocenters. The Bertz CT molecular complexity index is 889. The van der Waals surface area contributed by atoms with E-state index in [4.69, 9.17) is 17.3 Å². The van der Waals surface area contributed by atoms with Crippen LogP contribution in [0.3, 0.4) is 0 Å². The minimum Gasteiger partial charge on any atom is -0.365 e. The van der Waals surface area contributed by atoms with Crippen molar-refractivity contribution < 1.29 is 4.79 Å². The fraction of sp³-hybridized carbons (Fsp3) is 0. The summed E-state index contributed by atoms with van der Waals surface area (Å²) in [6.07, 6.45) is 1.63. The first kappa shape index (κ1) is 15.8. The molecule has 4 N–H and O–H groups in total. The van der Waals surface area contributed by atoms with Gasteiger partial charge in [-0.3, -0.25) is 9.89 Å². The van der Waals surface area contributed by atoms with Crippen LogP contribution in [-0.2, 0) is 0 Å². The Morgan fingerprint density at radius 1 is 1.21 bits per heavy atom. The van der Waals surface area contributed by atoms with Crippen LogP contribution in [0.2, 0.25) is 5.02 Å². The molecule has 0 radical (unpaired) electrons. The van der Waals surface area contributed by atoms with Gasteiger partial charge in [-0.05, 0) is 23.8 Å². The maximum absolute atomic E-state index is 11.8. The van der Waals surface area contributed by atoms with Gasteiger partial charge in [-0.1, -0.05) is 48.0 Å². The van der Waals surface area contributed by atoms with Crippen molar-refractivity contribution in [2.45, 2.75) is 0 Å². The van der Waals surface area contributed by atoms with Crippen molar-refractivity contribution in [1.29, 1.82) is 0 Å². The van der Waals surface area contributed by atoms with E-state index in [1.165, 1.54) is 0 Å². The van der Waals surface area contributed by atoms with Crippen LogP contribution in [0.4, 0.5) is 17.3 Å². The number of anilines is 2. The third kappa shape index (κ3) is 3.61. The van der Waals surface area contributed by atoms with E-state index < -0.39 is 5.91 Å². The molecule has 2 aromatic carbocycles. The Balaban J connectivity index is 1.90. The Morgan fingerprint density at radius 2 is 2.00 bits per heavy atom. The Hall–Kier alpha value is -3.12. The van der Waals surface area contributed by atoms with Crippen molar-refractivity contribution in [3.05, 3.63) is 70.7 Å². The van der Waals surface area contributed by atoms with Gasteiger partial charge < -0.3 is 11.1 Å². The van der Waals surface area contributed by atoms with E-state index in [-0.39, 0.29) is 11.4 Å². The normalized spacial score (nSPS) is 10.9. The highest BCUT2D eigenvalue weighted by atomic mass is 35.5. The van der Waals surface area contributed by atoms with Crippen molar-refractivity contribution in [2.24, 2.45) is 10.7 Å². The number of aromatic nitrogens is 2. The van der Waals surface area contributed by atoms with Crippen molar-refractivity contribution in [3.8, 4) is 0 Å². The topological polar surface area (TPSA) is 96.2 Å². The smallest absolute Gasteiger partial charge is 0.256 e. The van der Waals surface area contributed by atoms with Gasteiger partial charge in [0, 0.05) is 16.9 Å². The number of hydrogen-bond acceptors (Lipinski definition) is 4. The number of hydrogen-bond donors (Lipinski definition) is 3. The number of primary amides is 1. The fourth-order valence-electron chi connectivity index (χ4n) is 2.13. The lowest BCUT2D eigenvalue weighted by atomic mass is 10.2. The molecular weight excluding hydrogens is 326 g/mol. The second-order valence-electron chi connectivity index (χ2n) is 4.96. The van der Waals surface area contributed by atoms with Crippen molar-refractivity contribution in [2.75, 3.05) is 5.32 Å². The molecule has 0 aliphatic heterocycles. The molecule has 7 heteroatoms. The number of carbonyl (C=O) groups is 1.